The highest BCUT2D eigenvalue weighted by molar-refractivity contribution is 9.09. The summed E-state index contributed by atoms with van der Waals surface area (Å²) in [7, 11) is 0. The predicted octanol–water partition coefficient (Wildman–Crippen LogP) is 3.05. The molecule has 0 spiro atoms. The third-order valence-electron chi connectivity index (χ3n) is 2.32. The fourth-order valence-electron chi connectivity index (χ4n) is 1.32. The third-order valence-corrected chi connectivity index (χ3v) is 3.33. The van der Waals surface area contributed by atoms with Gasteiger partial charge in [0.25, 0.3) is 0 Å². The largest absolute Gasteiger partial charge is 0.295 e. The first kappa shape index (κ1) is 9.66. The van der Waals surface area contributed by atoms with Crippen molar-refractivity contribution in [1.82, 2.24) is 0 Å². The van der Waals surface area contributed by atoms with Crippen molar-refractivity contribution in [2.75, 3.05) is 0 Å². The van der Waals surface area contributed by atoms with E-state index in [0.717, 1.165) is 12.0 Å². The molecule has 0 aromatic heterocycles. The van der Waals surface area contributed by atoms with Gasteiger partial charge < -0.3 is 0 Å². The second-order valence-corrected chi connectivity index (χ2v) is 4.68. The van der Waals surface area contributed by atoms with Gasteiger partial charge in [-0.1, -0.05) is 52.3 Å². The van der Waals surface area contributed by atoms with Crippen LogP contribution in [-0.2, 0) is 4.79 Å². The summed E-state index contributed by atoms with van der Waals surface area (Å²) in [6.45, 7) is 0. The topological polar surface area (TPSA) is 17.1 Å². The molecule has 0 bridgehead atoms. The number of halogens is 1. The molecule has 2 heteroatoms. The van der Waals surface area contributed by atoms with Gasteiger partial charge in [0.15, 0.2) is 5.78 Å². The smallest absolute Gasteiger partial charge is 0.159 e. The molecule has 1 aromatic rings. The second kappa shape index (κ2) is 4.09. The molecule has 2 atom stereocenters. The zero-order valence-corrected chi connectivity index (χ0v) is 9.28. The van der Waals surface area contributed by atoms with E-state index in [9.17, 15) is 4.79 Å². The summed E-state index contributed by atoms with van der Waals surface area (Å²) in [5, 5.41) is 0. The van der Waals surface area contributed by atoms with Crippen molar-refractivity contribution in [2.24, 2.45) is 5.92 Å². The molecule has 0 heterocycles. The lowest BCUT2D eigenvalue weighted by atomic mass is 10.1. The molecule has 0 radical (unpaired) electrons. The molecular weight excluding hydrogens is 240 g/mol. The second-order valence-electron chi connectivity index (χ2n) is 3.50. The first-order chi connectivity index (χ1) is 6.77. The van der Waals surface area contributed by atoms with Crippen molar-refractivity contribution < 1.29 is 4.79 Å². The molecule has 1 fully saturated rings. The van der Waals surface area contributed by atoms with Gasteiger partial charge in [-0.15, -0.1) is 0 Å². The van der Waals surface area contributed by atoms with Gasteiger partial charge >= 0.3 is 0 Å². The third kappa shape index (κ3) is 2.32. The Bertz CT molecular complexity index is 356. The van der Waals surface area contributed by atoms with E-state index in [4.69, 9.17) is 0 Å². The van der Waals surface area contributed by atoms with Gasteiger partial charge in [-0.05, 0) is 18.1 Å². The molecule has 1 aromatic carbocycles. The molecule has 1 saturated carbocycles. The Kier molecular flexibility index (Phi) is 2.82. The van der Waals surface area contributed by atoms with Crippen molar-refractivity contribution in [3.63, 3.8) is 0 Å². The van der Waals surface area contributed by atoms with Crippen LogP contribution >= 0.6 is 15.9 Å². The average Bonchev–Trinajstić information content (AvgIpc) is 2.94. The van der Waals surface area contributed by atoms with Crippen LogP contribution in [0.5, 0.6) is 0 Å². The highest BCUT2D eigenvalue weighted by Gasteiger charge is 2.39. The molecule has 72 valence electrons. The maximum atomic E-state index is 11.5. The van der Waals surface area contributed by atoms with E-state index >= 15 is 0 Å². The summed E-state index contributed by atoms with van der Waals surface area (Å²) in [5.41, 5.74) is 1.08. The molecule has 0 aliphatic heterocycles. The molecule has 0 N–H and O–H groups in total. The number of alkyl halides is 1. The van der Waals surface area contributed by atoms with E-state index in [-0.39, 0.29) is 11.7 Å². The lowest BCUT2D eigenvalue weighted by Gasteiger charge is -1.91. The molecule has 0 saturated heterocycles. The van der Waals surface area contributed by atoms with E-state index < -0.39 is 0 Å². The molecule has 2 rings (SSSR count). The van der Waals surface area contributed by atoms with Gasteiger partial charge in [0.05, 0.1) is 0 Å². The van der Waals surface area contributed by atoms with Gasteiger partial charge in [-0.2, -0.15) is 0 Å². The average molecular weight is 251 g/mol. The van der Waals surface area contributed by atoms with Crippen molar-refractivity contribution in [2.45, 2.75) is 11.2 Å². The van der Waals surface area contributed by atoms with Crippen LogP contribution in [0.25, 0.3) is 6.08 Å². The molecule has 1 aliphatic carbocycles. The highest BCUT2D eigenvalue weighted by Crippen LogP contribution is 2.38. The first-order valence-corrected chi connectivity index (χ1v) is 5.60. The zero-order valence-electron chi connectivity index (χ0n) is 7.69. The highest BCUT2D eigenvalue weighted by atomic mass is 79.9. The van der Waals surface area contributed by atoms with Gasteiger partial charge in [-0.3, -0.25) is 4.79 Å². The van der Waals surface area contributed by atoms with E-state index in [1.54, 1.807) is 6.08 Å². The Morgan fingerprint density at radius 1 is 1.36 bits per heavy atom. The van der Waals surface area contributed by atoms with Crippen LogP contribution in [0.4, 0.5) is 0 Å². The van der Waals surface area contributed by atoms with Crippen LogP contribution in [0.2, 0.25) is 0 Å². The van der Waals surface area contributed by atoms with Crippen LogP contribution in [0.3, 0.4) is 0 Å². The molecule has 0 unspecified atom stereocenters. The summed E-state index contributed by atoms with van der Waals surface area (Å²) >= 11 is 3.42. The molecule has 14 heavy (non-hydrogen) atoms. The van der Waals surface area contributed by atoms with Crippen molar-refractivity contribution in [1.29, 1.82) is 0 Å². The number of allylic oxidation sites excluding steroid dienone is 1. The Morgan fingerprint density at radius 3 is 2.57 bits per heavy atom. The van der Waals surface area contributed by atoms with Gasteiger partial charge in [-0.25, -0.2) is 0 Å². The minimum atomic E-state index is 0.218. The standard InChI is InChI=1S/C12H11BrO/c13-11-8-10(11)12(14)7-6-9-4-2-1-3-5-9/h1-7,10-11H,8H2/b7-6+/t10-,11+/m1/s1. The van der Waals surface area contributed by atoms with Crippen molar-refractivity contribution in [3.8, 4) is 0 Å². The summed E-state index contributed by atoms with van der Waals surface area (Å²) in [5.74, 6) is 0.450. The summed E-state index contributed by atoms with van der Waals surface area (Å²) in [6.07, 6.45) is 4.54. The van der Waals surface area contributed by atoms with Crippen LogP contribution in [-0.4, -0.2) is 10.6 Å². The lowest BCUT2D eigenvalue weighted by Crippen LogP contribution is -1.96. The fraction of sp³-hybridized carbons (Fsp3) is 0.250. The molecule has 0 amide bonds. The maximum Gasteiger partial charge on any atom is 0.159 e. The fourth-order valence-corrected chi connectivity index (χ4v) is 1.99. The van der Waals surface area contributed by atoms with Crippen LogP contribution in [0, 0.1) is 5.92 Å². The monoisotopic (exact) mass is 250 g/mol. The summed E-state index contributed by atoms with van der Waals surface area (Å²) in [6, 6.07) is 9.88. The molecular formula is C12H11BrO. The Morgan fingerprint density at radius 2 is 2.00 bits per heavy atom. The van der Waals surface area contributed by atoms with Gasteiger partial charge in [0.2, 0.25) is 0 Å². The SMILES string of the molecule is O=C(/C=C/c1ccccc1)[C@@H]1C[C@@H]1Br. The van der Waals surface area contributed by atoms with E-state index in [2.05, 4.69) is 15.9 Å². The Labute approximate surface area is 92.0 Å². The Balaban J connectivity index is 1.97. The molecule has 1 nitrogen and oxygen atoms in total. The maximum absolute atomic E-state index is 11.5. The minimum absolute atomic E-state index is 0.218. The van der Waals surface area contributed by atoms with Crippen LogP contribution in [0.1, 0.15) is 12.0 Å². The number of hydrogen-bond donors (Lipinski definition) is 0. The number of rotatable bonds is 3. The van der Waals surface area contributed by atoms with Crippen LogP contribution < -0.4 is 0 Å². The summed E-state index contributed by atoms with van der Waals surface area (Å²) < 4.78 is 0. The minimum Gasteiger partial charge on any atom is -0.295 e. The van der Waals surface area contributed by atoms with Crippen molar-refractivity contribution in [3.05, 3.63) is 42.0 Å². The van der Waals surface area contributed by atoms with Crippen LogP contribution in [0.15, 0.2) is 36.4 Å². The summed E-state index contributed by atoms with van der Waals surface area (Å²) in [4.78, 5) is 11.9. The lowest BCUT2D eigenvalue weighted by molar-refractivity contribution is -0.115. The zero-order chi connectivity index (χ0) is 9.97. The van der Waals surface area contributed by atoms with Gasteiger partial charge in [0.1, 0.15) is 0 Å². The van der Waals surface area contributed by atoms with E-state index in [1.807, 2.05) is 36.4 Å². The Hall–Kier alpha value is -0.890. The van der Waals surface area contributed by atoms with Crippen molar-refractivity contribution >= 4 is 27.8 Å². The quantitative estimate of drug-likeness (QED) is 0.596. The van der Waals surface area contributed by atoms with E-state index in [1.165, 1.54) is 0 Å². The number of benzene rings is 1. The predicted molar refractivity (Wildman–Crippen MR) is 61.3 cm³/mol. The number of ketones is 1. The number of hydrogen-bond acceptors (Lipinski definition) is 1. The van der Waals surface area contributed by atoms with E-state index in [0.29, 0.717) is 4.83 Å². The van der Waals surface area contributed by atoms with Gasteiger partial charge in [0, 0.05) is 10.7 Å². The molecule has 1 aliphatic rings. The number of carbonyl (C=O) groups excluding carboxylic acids is 1. The normalized spacial score (nSPS) is 25.2. The first-order valence-electron chi connectivity index (χ1n) is 4.68. The number of carbonyl (C=O) groups is 1.